The maximum Gasteiger partial charge on any atom is 0.231 e. The number of carbonyl (C=O) groups is 1. The summed E-state index contributed by atoms with van der Waals surface area (Å²) in [6, 6.07) is 11.6. The van der Waals surface area contributed by atoms with Crippen molar-refractivity contribution in [1.82, 2.24) is 0 Å². The van der Waals surface area contributed by atoms with Crippen molar-refractivity contribution in [3.8, 4) is 0 Å². The van der Waals surface area contributed by atoms with Crippen LogP contribution in [0.1, 0.15) is 24.0 Å². The first-order valence-electron chi connectivity index (χ1n) is 6.39. The summed E-state index contributed by atoms with van der Waals surface area (Å²) in [5.41, 5.74) is 8.37. The summed E-state index contributed by atoms with van der Waals surface area (Å²) in [6.07, 6.45) is 0. The van der Waals surface area contributed by atoms with Gasteiger partial charge in [-0.05, 0) is 55.3 Å². The molecule has 104 valence electrons. The molecule has 0 fully saturated rings. The lowest BCUT2D eigenvalue weighted by molar-refractivity contribution is -0.117. The van der Waals surface area contributed by atoms with Crippen LogP contribution in [0.4, 0.5) is 15.8 Å². The molecule has 0 saturated heterocycles. The highest BCUT2D eigenvalue weighted by molar-refractivity contribution is 5.95. The van der Waals surface area contributed by atoms with Gasteiger partial charge in [0.05, 0.1) is 5.92 Å². The average Bonchev–Trinajstić information content (AvgIpc) is 2.36. The number of aryl methyl sites for hydroxylation is 1. The molecule has 3 nitrogen and oxygen atoms in total. The fourth-order valence-corrected chi connectivity index (χ4v) is 2.04. The molecule has 2 rings (SSSR count). The number of anilines is 2. The van der Waals surface area contributed by atoms with Gasteiger partial charge in [0.15, 0.2) is 0 Å². The summed E-state index contributed by atoms with van der Waals surface area (Å²) in [4.78, 5) is 12.2. The van der Waals surface area contributed by atoms with E-state index in [9.17, 15) is 9.18 Å². The van der Waals surface area contributed by atoms with Gasteiger partial charge in [-0.25, -0.2) is 4.39 Å². The van der Waals surface area contributed by atoms with Crippen LogP contribution in [0.3, 0.4) is 0 Å². The first-order valence-corrected chi connectivity index (χ1v) is 6.39. The number of carbonyl (C=O) groups excluding carboxylic acids is 1. The van der Waals surface area contributed by atoms with Crippen LogP contribution in [-0.4, -0.2) is 5.91 Å². The minimum absolute atomic E-state index is 0.194. The predicted molar refractivity (Wildman–Crippen MR) is 79.0 cm³/mol. The molecule has 0 aliphatic rings. The zero-order valence-electron chi connectivity index (χ0n) is 11.5. The summed E-state index contributed by atoms with van der Waals surface area (Å²) >= 11 is 0. The van der Waals surface area contributed by atoms with E-state index in [4.69, 9.17) is 5.73 Å². The highest BCUT2D eigenvalue weighted by atomic mass is 19.1. The molecule has 1 atom stereocenters. The van der Waals surface area contributed by atoms with E-state index in [-0.39, 0.29) is 17.6 Å². The highest BCUT2D eigenvalue weighted by Crippen LogP contribution is 2.21. The number of nitrogens with one attached hydrogen (secondary N) is 1. The van der Waals surface area contributed by atoms with Crippen molar-refractivity contribution in [3.63, 3.8) is 0 Å². The Hall–Kier alpha value is -2.36. The zero-order chi connectivity index (χ0) is 14.7. The molecule has 20 heavy (non-hydrogen) atoms. The minimum Gasteiger partial charge on any atom is -0.399 e. The third-order valence-corrected chi connectivity index (χ3v) is 3.11. The Morgan fingerprint density at radius 1 is 1.25 bits per heavy atom. The van der Waals surface area contributed by atoms with Crippen LogP contribution in [0, 0.1) is 12.7 Å². The molecule has 1 amide bonds. The van der Waals surface area contributed by atoms with E-state index >= 15 is 0 Å². The molecule has 0 radical (unpaired) electrons. The molecule has 1 unspecified atom stereocenters. The fraction of sp³-hybridized carbons (Fsp3) is 0.188. The second-order valence-electron chi connectivity index (χ2n) is 4.90. The largest absolute Gasteiger partial charge is 0.399 e. The van der Waals surface area contributed by atoms with Crippen molar-refractivity contribution in [3.05, 3.63) is 59.4 Å². The Morgan fingerprint density at radius 2 is 2.00 bits per heavy atom. The van der Waals surface area contributed by atoms with Gasteiger partial charge in [-0.3, -0.25) is 4.79 Å². The maximum atomic E-state index is 13.3. The van der Waals surface area contributed by atoms with Crippen molar-refractivity contribution in [2.24, 2.45) is 0 Å². The third kappa shape index (κ3) is 3.35. The van der Waals surface area contributed by atoms with E-state index in [0.717, 1.165) is 11.1 Å². The van der Waals surface area contributed by atoms with Crippen LogP contribution < -0.4 is 11.1 Å². The maximum absolute atomic E-state index is 13.3. The lowest BCUT2D eigenvalue weighted by Gasteiger charge is -2.13. The normalized spacial score (nSPS) is 11.9. The third-order valence-electron chi connectivity index (χ3n) is 3.11. The molecule has 2 aromatic carbocycles. The number of benzene rings is 2. The minimum atomic E-state index is -0.364. The van der Waals surface area contributed by atoms with Gasteiger partial charge in [0.25, 0.3) is 0 Å². The smallest absolute Gasteiger partial charge is 0.231 e. The predicted octanol–water partition coefficient (Wildman–Crippen LogP) is 3.46. The van der Waals surface area contributed by atoms with Gasteiger partial charge in [-0.1, -0.05) is 12.1 Å². The van der Waals surface area contributed by atoms with Crippen molar-refractivity contribution in [2.75, 3.05) is 11.1 Å². The topological polar surface area (TPSA) is 55.1 Å². The quantitative estimate of drug-likeness (QED) is 0.841. The van der Waals surface area contributed by atoms with Crippen molar-refractivity contribution >= 4 is 17.3 Å². The SMILES string of the molecule is Cc1cc(F)cc(NC(=O)C(C)c2cccc(N)c2)c1. The highest BCUT2D eigenvalue weighted by Gasteiger charge is 2.15. The van der Waals surface area contributed by atoms with Crippen molar-refractivity contribution < 1.29 is 9.18 Å². The molecule has 0 aliphatic carbocycles. The van der Waals surface area contributed by atoms with Gasteiger partial charge in [0, 0.05) is 11.4 Å². The number of hydrogen-bond acceptors (Lipinski definition) is 2. The number of halogens is 1. The molecule has 0 aromatic heterocycles. The van der Waals surface area contributed by atoms with Crippen LogP contribution in [0.5, 0.6) is 0 Å². The van der Waals surface area contributed by atoms with Crippen LogP contribution in [0.2, 0.25) is 0 Å². The summed E-state index contributed by atoms with van der Waals surface area (Å²) < 4.78 is 13.3. The summed E-state index contributed by atoms with van der Waals surface area (Å²) in [5, 5.41) is 2.72. The lowest BCUT2D eigenvalue weighted by Crippen LogP contribution is -2.19. The standard InChI is InChI=1S/C16H17FN2O/c1-10-6-13(17)9-15(7-10)19-16(20)11(2)12-4-3-5-14(18)8-12/h3-9,11H,18H2,1-2H3,(H,19,20). The first kappa shape index (κ1) is 14.1. The molecule has 0 saturated carbocycles. The Bertz CT molecular complexity index is 620. The molecular formula is C16H17FN2O. The molecule has 0 spiro atoms. The van der Waals surface area contributed by atoms with E-state index in [0.29, 0.717) is 11.4 Å². The molecule has 4 heteroatoms. The van der Waals surface area contributed by atoms with Crippen molar-refractivity contribution in [1.29, 1.82) is 0 Å². The van der Waals surface area contributed by atoms with Gasteiger partial charge >= 0.3 is 0 Å². The average molecular weight is 272 g/mol. The molecule has 0 heterocycles. The Morgan fingerprint density at radius 3 is 2.65 bits per heavy atom. The van der Waals surface area contributed by atoms with E-state index in [1.807, 2.05) is 6.07 Å². The monoisotopic (exact) mass is 272 g/mol. The van der Waals surface area contributed by atoms with Gasteiger partial charge in [0.2, 0.25) is 5.91 Å². The van der Waals surface area contributed by atoms with E-state index in [2.05, 4.69) is 5.32 Å². The molecular weight excluding hydrogens is 255 g/mol. The van der Waals surface area contributed by atoms with Gasteiger partial charge in [-0.15, -0.1) is 0 Å². The second kappa shape index (κ2) is 5.74. The van der Waals surface area contributed by atoms with Gasteiger partial charge in [-0.2, -0.15) is 0 Å². The Labute approximate surface area is 117 Å². The summed E-state index contributed by atoms with van der Waals surface area (Å²) in [7, 11) is 0. The van der Waals surface area contributed by atoms with Crippen LogP contribution in [0.15, 0.2) is 42.5 Å². The number of nitrogen functional groups attached to an aromatic ring is 1. The summed E-state index contributed by atoms with van der Waals surface area (Å²) in [5.74, 6) is -0.917. The molecule has 0 aliphatic heterocycles. The van der Waals surface area contributed by atoms with Gasteiger partial charge < -0.3 is 11.1 Å². The van der Waals surface area contributed by atoms with E-state index in [1.165, 1.54) is 12.1 Å². The molecule has 2 aromatic rings. The Kier molecular flexibility index (Phi) is 4.03. The van der Waals surface area contributed by atoms with Gasteiger partial charge in [0.1, 0.15) is 5.82 Å². The number of amides is 1. The second-order valence-corrected chi connectivity index (χ2v) is 4.90. The summed E-state index contributed by atoms with van der Waals surface area (Å²) in [6.45, 7) is 3.57. The number of rotatable bonds is 3. The zero-order valence-corrected chi connectivity index (χ0v) is 11.5. The molecule has 3 N–H and O–H groups in total. The van der Waals surface area contributed by atoms with E-state index in [1.54, 1.807) is 38.1 Å². The van der Waals surface area contributed by atoms with Crippen LogP contribution in [0.25, 0.3) is 0 Å². The first-order chi connectivity index (χ1) is 9.45. The molecule has 0 bridgehead atoms. The number of nitrogens with two attached hydrogens (primary N) is 1. The van der Waals surface area contributed by atoms with Crippen LogP contribution in [-0.2, 0) is 4.79 Å². The lowest BCUT2D eigenvalue weighted by atomic mass is 9.99. The fourth-order valence-electron chi connectivity index (χ4n) is 2.04. The number of hydrogen-bond donors (Lipinski definition) is 2. The van der Waals surface area contributed by atoms with E-state index < -0.39 is 0 Å². The Balaban J connectivity index is 2.15. The van der Waals surface area contributed by atoms with Crippen molar-refractivity contribution in [2.45, 2.75) is 19.8 Å². The van der Waals surface area contributed by atoms with Crippen LogP contribution >= 0.6 is 0 Å².